The molecule has 0 spiro atoms. The van der Waals surface area contributed by atoms with E-state index in [0.717, 1.165) is 36.4 Å². The lowest BCUT2D eigenvalue weighted by atomic mass is 9.93. The molecule has 0 fully saturated rings. The third-order valence-electron chi connectivity index (χ3n) is 13.0. The van der Waals surface area contributed by atoms with Crippen molar-refractivity contribution in [1.82, 2.24) is 0 Å². The molecule has 8 rings (SSSR count). The van der Waals surface area contributed by atoms with Crippen LogP contribution < -0.4 is 20.1 Å². The van der Waals surface area contributed by atoms with Gasteiger partial charge in [0, 0.05) is 45.6 Å². The molecule has 0 amide bonds. The number of phenols is 1. The molecule has 0 saturated heterocycles. The standard InChI is InChI=1S/C53H44N4O20S4/c1-23-13-25(3)47(57-79(69,70)33-19-37(52(63)64)49(58)38(20-33)53(65)66)27(5)45(23)54-31-11-12-34-40(18-31)77-41-22-39(43(81(74,75)76)21-36(41)44(34)35-9-7-8-10-42(35)80(71,72)73)55-46-24(2)14-26(4)48(28(46)6)56-78(67,68)32-16-29(50(59)60)15-30(17-32)51(61)62/h7-22,54,56-58H,1-6H3,(H,59,60)(H,61,62)(H,63,64)(H,65,66)(H,71,72,73)(H,74,75,76). The van der Waals surface area contributed by atoms with Gasteiger partial charge in [0.05, 0.1) is 43.3 Å². The van der Waals surface area contributed by atoms with Gasteiger partial charge in [-0.2, -0.15) is 16.8 Å². The van der Waals surface area contributed by atoms with E-state index in [1.54, 1.807) is 26.8 Å². The van der Waals surface area contributed by atoms with Crippen LogP contribution in [0.1, 0.15) is 74.8 Å². The smallest absolute Gasteiger partial charge is 0.339 e. The molecule has 1 heterocycles. The summed E-state index contributed by atoms with van der Waals surface area (Å²) in [5.74, 6) is -8.19. The number of aryl methyl sites for hydroxylation is 4. The zero-order chi connectivity index (χ0) is 59.7. The number of carboxylic acid groups (broad SMARTS) is 4. The Bertz CT molecular complexity index is 4560. The number of fused-ring (bicyclic) bond motifs is 2. The van der Waals surface area contributed by atoms with Crippen LogP contribution >= 0.6 is 0 Å². The molecule has 1 aliphatic carbocycles. The average molecular weight is 1190 g/mol. The van der Waals surface area contributed by atoms with Gasteiger partial charge in [0.15, 0.2) is 0 Å². The first-order valence-electron chi connectivity index (χ1n) is 23.2. The molecule has 2 aliphatic rings. The Kier molecular flexibility index (Phi) is 14.9. The molecule has 0 atom stereocenters. The number of rotatable bonds is 16. The van der Waals surface area contributed by atoms with Crippen molar-refractivity contribution in [1.29, 1.82) is 0 Å². The van der Waals surface area contributed by atoms with E-state index in [2.05, 4.69) is 19.8 Å². The van der Waals surface area contributed by atoms with E-state index < -0.39 is 117 Å². The highest BCUT2D eigenvalue weighted by Gasteiger charge is 2.30. The van der Waals surface area contributed by atoms with Crippen LogP contribution in [-0.4, -0.2) is 92.2 Å². The van der Waals surface area contributed by atoms with Crippen molar-refractivity contribution >= 4 is 104 Å². The largest absolute Gasteiger partial charge is 0.506 e. The van der Waals surface area contributed by atoms with Gasteiger partial charge in [-0.05, 0) is 130 Å². The minimum atomic E-state index is -5.28. The fourth-order valence-electron chi connectivity index (χ4n) is 9.25. The van der Waals surface area contributed by atoms with Crippen LogP contribution in [0.15, 0.2) is 126 Å². The van der Waals surface area contributed by atoms with Crippen LogP contribution in [0, 0.1) is 41.5 Å². The van der Waals surface area contributed by atoms with E-state index in [-0.39, 0.29) is 72.9 Å². The zero-order valence-corrected chi connectivity index (χ0v) is 46.0. The second-order valence-electron chi connectivity index (χ2n) is 18.5. The van der Waals surface area contributed by atoms with Crippen LogP contribution in [0.4, 0.5) is 28.4 Å². The molecule has 0 bridgehead atoms. The first kappa shape index (κ1) is 58.0. The first-order chi connectivity index (χ1) is 37.6. The predicted molar refractivity (Wildman–Crippen MR) is 292 cm³/mol. The van der Waals surface area contributed by atoms with Crippen molar-refractivity contribution in [3.63, 3.8) is 0 Å². The maximum atomic E-state index is 13.9. The zero-order valence-electron chi connectivity index (χ0n) is 42.8. The molecular formula is C53H44N4O20S4. The summed E-state index contributed by atoms with van der Waals surface area (Å²) in [5.41, 5.74) is -1.39. The fourth-order valence-corrected chi connectivity index (χ4v) is 13.1. The first-order valence-corrected chi connectivity index (χ1v) is 29.1. The number of benzene rings is 7. The summed E-state index contributed by atoms with van der Waals surface area (Å²) in [6, 6.07) is 18.2. The topological polar surface area (TPSA) is 408 Å². The van der Waals surface area contributed by atoms with Crippen molar-refractivity contribution in [2.24, 2.45) is 4.99 Å². The van der Waals surface area contributed by atoms with E-state index >= 15 is 0 Å². The second-order valence-corrected chi connectivity index (χ2v) is 24.6. The SMILES string of the molecule is Cc1cc(C)c(NS(=O)(=O)c2cc(C(=O)O)cc(C(=O)O)c2)c(C)c1N=c1cc2oc3cc(Nc4c(C)cc(C)c(NS(=O)(=O)c5cc(C(=O)O)c(O)c(C(=O)O)c5)c4C)ccc3c(-c3ccccc3S(=O)(=O)O)c-2cc1S(=O)(=O)O. The van der Waals surface area contributed by atoms with Gasteiger partial charge in [0.1, 0.15) is 38.0 Å². The van der Waals surface area contributed by atoms with Crippen molar-refractivity contribution in [2.75, 3.05) is 14.8 Å². The van der Waals surface area contributed by atoms with Gasteiger partial charge in [-0.3, -0.25) is 18.5 Å². The van der Waals surface area contributed by atoms with Crippen LogP contribution in [-0.2, 0) is 40.3 Å². The van der Waals surface area contributed by atoms with Gasteiger partial charge in [-0.1, -0.05) is 30.3 Å². The van der Waals surface area contributed by atoms with Crippen LogP contribution in [0.2, 0.25) is 0 Å². The van der Waals surface area contributed by atoms with E-state index in [1.165, 1.54) is 63.2 Å². The molecule has 6 aromatic rings. The van der Waals surface area contributed by atoms with Crippen LogP contribution in [0.3, 0.4) is 0 Å². The van der Waals surface area contributed by atoms with Gasteiger partial charge < -0.3 is 35.3 Å². The van der Waals surface area contributed by atoms with E-state index in [0.29, 0.717) is 34.5 Å². The molecule has 0 aromatic heterocycles. The van der Waals surface area contributed by atoms with Crippen molar-refractivity contribution < 1.29 is 91.9 Å². The summed E-state index contributed by atoms with van der Waals surface area (Å²) >= 11 is 0. The highest BCUT2D eigenvalue weighted by Crippen LogP contribution is 2.45. The second kappa shape index (κ2) is 20.8. The number of hydrogen-bond acceptors (Lipinski definition) is 16. The maximum Gasteiger partial charge on any atom is 0.339 e. The number of nitrogens with zero attached hydrogens (tertiary/aromatic N) is 1. The van der Waals surface area contributed by atoms with Crippen molar-refractivity contribution in [2.45, 2.75) is 61.1 Å². The lowest BCUT2D eigenvalue weighted by molar-refractivity contribution is 0.0671. The monoisotopic (exact) mass is 1180 g/mol. The molecule has 420 valence electrons. The Morgan fingerprint density at radius 1 is 0.519 bits per heavy atom. The highest BCUT2D eigenvalue weighted by atomic mass is 32.2. The van der Waals surface area contributed by atoms with E-state index in [1.807, 2.05) is 0 Å². The Morgan fingerprint density at radius 3 is 1.56 bits per heavy atom. The normalized spacial score (nSPS) is 12.4. The van der Waals surface area contributed by atoms with Crippen molar-refractivity contribution in [3.05, 3.63) is 158 Å². The van der Waals surface area contributed by atoms with Crippen molar-refractivity contribution in [3.8, 4) is 28.2 Å². The minimum Gasteiger partial charge on any atom is -0.506 e. The fraction of sp³-hybridized carbons (Fsp3) is 0.113. The predicted octanol–water partition coefficient (Wildman–Crippen LogP) is 8.62. The number of carbonyl (C=O) groups is 4. The van der Waals surface area contributed by atoms with Gasteiger partial charge in [0.25, 0.3) is 40.3 Å². The molecular weight excluding hydrogens is 1140 g/mol. The molecule has 6 aromatic carbocycles. The van der Waals surface area contributed by atoms with Crippen LogP contribution in [0.25, 0.3) is 33.4 Å². The number of hydrogen-bond donors (Lipinski definition) is 10. The number of aromatic hydroxyl groups is 1. The Morgan fingerprint density at radius 2 is 1.02 bits per heavy atom. The van der Waals surface area contributed by atoms with Gasteiger partial charge in [0.2, 0.25) is 0 Å². The molecule has 28 heteroatoms. The third-order valence-corrected chi connectivity index (χ3v) is 17.4. The Labute approximate surface area is 460 Å². The summed E-state index contributed by atoms with van der Waals surface area (Å²) in [4.78, 5) is 49.1. The number of sulfonamides is 2. The highest BCUT2D eigenvalue weighted by molar-refractivity contribution is 7.93. The molecule has 81 heavy (non-hydrogen) atoms. The summed E-state index contributed by atoms with van der Waals surface area (Å²) < 4.78 is 141. The number of nitrogens with one attached hydrogen (secondary N) is 3. The quantitative estimate of drug-likeness (QED) is 0.0319. The number of anilines is 4. The maximum absolute atomic E-state index is 13.9. The molecule has 10 N–H and O–H groups in total. The molecule has 0 unspecified atom stereocenters. The van der Waals surface area contributed by atoms with Crippen LogP contribution in [0.5, 0.6) is 5.75 Å². The van der Waals surface area contributed by atoms with Gasteiger partial charge in [-0.25, -0.2) is 41.0 Å². The summed E-state index contributed by atoms with van der Waals surface area (Å²) in [6.45, 7) is 9.27. The van der Waals surface area contributed by atoms with Gasteiger partial charge in [-0.15, -0.1) is 0 Å². The van der Waals surface area contributed by atoms with E-state index in [4.69, 9.17) is 4.42 Å². The average Bonchev–Trinajstić information content (AvgIpc) is 3.46. The number of aromatic carboxylic acids is 4. The minimum absolute atomic E-state index is 0.0140. The summed E-state index contributed by atoms with van der Waals surface area (Å²) in [7, 11) is -19.8. The van der Waals surface area contributed by atoms with Gasteiger partial charge >= 0.3 is 23.9 Å². The lowest BCUT2D eigenvalue weighted by Crippen LogP contribution is -2.18. The lowest BCUT2D eigenvalue weighted by Gasteiger charge is -2.21. The molecule has 0 saturated carbocycles. The summed E-state index contributed by atoms with van der Waals surface area (Å²) in [5, 5.41) is 51.6. The number of carboxylic acids is 4. The third kappa shape index (κ3) is 11.2. The summed E-state index contributed by atoms with van der Waals surface area (Å²) in [6.07, 6.45) is 0. The Hall–Kier alpha value is -9.19. The molecule has 0 radical (unpaired) electrons. The molecule has 24 nitrogen and oxygen atoms in total. The Balaban J connectivity index is 1.32. The molecule has 1 aliphatic heterocycles. The van der Waals surface area contributed by atoms with E-state index in [9.17, 15) is 87.5 Å².